The third-order valence-corrected chi connectivity index (χ3v) is 4.06. The smallest absolute Gasteiger partial charge is 0.254 e. The maximum atomic E-state index is 12.7. The number of carbonyl (C=O) groups excluding carboxylic acids is 1. The van der Waals surface area contributed by atoms with Gasteiger partial charge in [0.15, 0.2) is 11.5 Å². The van der Waals surface area contributed by atoms with Crippen LogP contribution in [0.25, 0.3) is 0 Å². The van der Waals surface area contributed by atoms with Crippen molar-refractivity contribution in [2.45, 2.75) is 33.0 Å². The van der Waals surface area contributed by atoms with Gasteiger partial charge in [0.2, 0.25) is 0 Å². The van der Waals surface area contributed by atoms with Crippen LogP contribution in [-0.2, 0) is 4.74 Å². The Morgan fingerprint density at radius 1 is 1.36 bits per heavy atom. The van der Waals surface area contributed by atoms with Crippen LogP contribution in [0.1, 0.15) is 31.1 Å². The predicted octanol–water partition coefficient (Wildman–Crippen LogP) is 3.11. The molecule has 1 heterocycles. The number of benzene rings is 1. The molecule has 0 unspecified atom stereocenters. The zero-order chi connectivity index (χ0) is 16.3. The first kappa shape index (κ1) is 17.1. The summed E-state index contributed by atoms with van der Waals surface area (Å²) in [6.45, 7) is 7.57. The standard InChI is InChI=1S/C16H22BrNO4/c1-5-21-15-13(17)6-12(7-14(15)20-4)16(19)18-8-10(2)22-11(3)9-18/h6-7,10-11H,5,8-9H2,1-4H3/t10-,11+. The summed E-state index contributed by atoms with van der Waals surface area (Å²) in [5, 5.41) is 0. The van der Waals surface area contributed by atoms with Gasteiger partial charge in [-0.05, 0) is 48.8 Å². The quantitative estimate of drug-likeness (QED) is 0.815. The second-order valence-electron chi connectivity index (χ2n) is 5.39. The van der Waals surface area contributed by atoms with Crippen LogP contribution < -0.4 is 9.47 Å². The SMILES string of the molecule is CCOc1c(Br)cc(C(=O)N2C[C@@H](C)O[C@@H](C)C2)cc1OC. The first-order chi connectivity index (χ1) is 10.5. The van der Waals surface area contributed by atoms with Crippen molar-refractivity contribution < 1.29 is 19.0 Å². The molecule has 1 fully saturated rings. The van der Waals surface area contributed by atoms with Gasteiger partial charge in [0.25, 0.3) is 5.91 Å². The number of ether oxygens (including phenoxy) is 3. The molecular weight excluding hydrogens is 350 g/mol. The van der Waals surface area contributed by atoms with Gasteiger partial charge in [-0.1, -0.05) is 0 Å². The molecule has 6 heteroatoms. The second-order valence-corrected chi connectivity index (χ2v) is 6.24. The second kappa shape index (κ2) is 7.33. The molecule has 0 saturated carbocycles. The molecule has 22 heavy (non-hydrogen) atoms. The van der Waals surface area contributed by atoms with Gasteiger partial charge >= 0.3 is 0 Å². The molecule has 0 spiro atoms. The van der Waals surface area contributed by atoms with E-state index in [9.17, 15) is 4.79 Å². The minimum absolute atomic E-state index is 0.0240. The number of methoxy groups -OCH3 is 1. The Hall–Kier alpha value is -1.27. The Balaban J connectivity index is 2.28. The van der Waals surface area contributed by atoms with Crippen LogP contribution in [0.5, 0.6) is 11.5 Å². The molecule has 0 aromatic heterocycles. The summed E-state index contributed by atoms with van der Waals surface area (Å²) in [6.07, 6.45) is 0.0847. The summed E-state index contributed by atoms with van der Waals surface area (Å²) in [6, 6.07) is 3.50. The van der Waals surface area contributed by atoms with Crippen LogP contribution in [-0.4, -0.2) is 49.8 Å². The average Bonchev–Trinajstić information content (AvgIpc) is 2.47. The number of halogens is 1. The monoisotopic (exact) mass is 371 g/mol. The highest BCUT2D eigenvalue weighted by molar-refractivity contribution is 9.10. The topological polar surface area (TPSA) is 48.0 Å². The minimum atomic E-state index is -0.0240. The van der Waals surface area contributed by atoms with E-state index in [1.165, 1.54) is 0 Å². The number of hydrogen-bond donors (Lipinski definition) is 0. The normalized spacial score (nSPS) is 21.6. The zero-order valence-electron chi connectivity index (χ0n) is 13.4. The summed E-state index contributed by atoms with van der Waals surface area (Å²) >= 11 is 3.46. The highest BCUT2D eigenvalue weighted by Gasteiger charge is 2.27. The van der Waals surface area contributed by atoms with Crippen LogP contribution in [0.4, 0.5) is 0 Å². The van der Waals surface area contributed by atoms with Crippen molar-refractivity contribution in [2.75, 3.05) is 26.8 Å². The number of nitrogens with zero attached hydrogens (tertiary/aromatic N) is 1. The highest BCUT2D eigenvalue weighted by Crippen LogP contribution is 2.37. The molecule has 122 valence electrons. The lowest BCUT2D eigenvalue weighted by Gasteiger charge is -2.35. The van der Waals surface area contributed by atoms with Gasteiger partial charge in [0, 0.05) is 18.7 Å². The van der Waals surface area contributed by atoms with Crippen LogP contribution in [0, 0.1) is 0 Å². The molecule has 1 aromatic carbocycles. The van der Waals surface area contributed by atoms with Crippen LogP contribution in [0.15, 0.2) is 16.6 Å². The van der Waals surface area contributed by atoms with Gasteiger partial charge in [0.1, 0.15) is 0 Å². The maximum Gasteiger partial charge on any atom is 0.254 e. The van der Waals surface area contributed by atoms with Gasteiger partial charge in [-0.25, -0.2) is 0 Å². The van der Waals surface area contributed by atoms with Crippen molar-refractivity contribution in [3.05, 3.63) is 22.2 Å². The molecule has 0 N–H and O–H groups in total. The lowest BCUT2D eigenvalue weighted by Crippen LogP contribution is -2.48. The largest absolute Gasteiger partial charge is 0.493 e. The van der Waals surface area contributed by atoms with Gasteiger partial charge in [-0.15, -0.1) is 0 Å². The summed E-state index contributed by atoms with van der Waals surface area (Å²) in [5.74, 6) is 1.14. The van der Waals surface area contributed by atoms with E-state index < -0.39 is 0 Å². The van der Waals surface area contributed by atoms with E-state index in [0.717, 1.165) is 0 Å². The number of hydrogen-bond acceptors (Lipinski definition) is 4. The molecule has 0 bridgehead atoms. The molecule has 1 aliphatic heterocycles. The highest BCUT2D eigenvalue weighted by atomic mass is 79.9. The van der Waals surface area contributed by atoms with Crippen molar-refractivity contribution >= 4 is 21.8 Å². The molecule has 1 saturated heterocycles. The first-order valence-electron chi connectivity index (χ1n) is 7.41. The fraction of sp³-hybridized carbons (Fsp3) is 0.562. The van der Waals surface area contributed by atoms with E-state index in [0.29, 0.717) is 41.2 Å². The van der Waals surface area contributed by atoms with Crippen LogP contribution in [0.3, 0.4) is 0 Å². The Kier molecular flexibility index (Phi) is 5.69. The Morgan fingerprint density at radius 2 is 2.00 bits per heavy atom. The van der Waals surface area contributed by atoms with Gasteiger partial charge < -0.3 is 19.1 Å². The molecule has 1 aromatic rings. The molecule has 2 atom stereocenters. The molecule has 1 aliphatic rings. The third kappa shape index (κ3) is 3.73. The van der Waals surface area contributed by atoms with Crippen LogP contribution >= 0.6 is 15.9 Å². The number of carbonyl (C=O) groups is 1. The Labute approximate surface area is 139 Å². The van der Waals surface area contributed by atoms with Crippen molar-refractivity contribution in [3.8, 4) is 11.5 Å². The molecule has 0 radical (unpaired) electrons. The third-order valence-electron chi connectivity index (χ3n) is 3.47. The van der Waals surface area contributed by atoms with E-state index in [2.05, 4.69) is 15.9 Å². The Morgan fingerprint density at radius 3 is 2.55 bits per heavy atom. The van der Waals surface area contributed by atoms with E-state index in [4.69, 9.17) is 14.2 Å². The molecular formula is C16H22BrNO4. The number of amides is 1. The van der Waals surface area contributed by atoms with Crippen molar-refractivity contribution in [3.63, 3.8) is 0 Å². The van der Waals surface area contributed by atoms with Gasteiger partial charge in [0.05, 0.1) is 30.4 Å². The van der Waals surface area contributed by atoms with E-state index in [-0.39, 0.29) is 18.1 Å². The first-order valence-corrected chi connectivity index (χ1v) is 8.20. The van der Waals surface area contributed by atoms with Crippen molar-refractivity contribution in [2.24, 2.45) is 0 Å². The number of morpholine rings is 1. The minimum Gasteiger partial charge on any atom is -0.493 e. The fourth-order valence-electron chi connectivity index (χ4n) is 2.65. The van der Waals surface area contributed by atoms with Crippen LogP contribution in [0.2, 0.25) is 0 Å². The molecule has 0 aliphatic carbocycles. The fourth-order valence-corrected chi connectivity index (χ4v) is 3.21. The zero-order valence-corrected chi connectivity index (χ0v) is 15.0. The predicted molar refractivity (Wildman–Crippen MR) is 87.8 cm³/mol. The van der Waals surface area contributed by atoms with Gasteiger partial charge in [-0.3, -0.25) is 4.79 Å². The van der Waals surface area contributed by atoms with Crippen molar-refractivity contribution in [1.82, 2.24) is 4.90 Å². The lowest BCUT2D eigenvalue weighted by atomic mass is 10.1. The summed E-state index contributed by atoms with van der Waals surface area (Å²) < 4.78 is 17.3. The summed E-state index contributed by atoms with van der Waals surface area (Å²) in [5.41, 5.74) is 0.577. The summed E-state index contributed by atoms with van der Waals surface area (Å²) in [4.78, 5) is 14.6. The van der Waals surface area contributed by atoms with Gasteiger partial charge in [-0.2, -0.15) is 0 Å². The molecule has 5 nitrogen and oxygen atoms in total. The van der Waals surface area contributed by atoms with E-state index in [1.807, 2.05) is 25.7 Å². The molecule has 2 rings (SSSR count). The average molecular weight is 372 g/mol. The Bertz CT molecular complexity index is 539. The number of rotatable bonds is 4. The van der Waals surface area contributed by atoms with Crippen molar-refractivity contribution in [1.29, 1.82) is 0 Å². The lowest BCUT2D eigenvalue weighted by molar-refractivity contribution is -0.0586. The maximum absolute atomic E-state index is 12.7. The van der Waals surface area contributed by atoms with E-state index >= 15 is 0 Å². The van der Waals surface area contributed by atoms with E-state index in [1.54, 1.807) is 19.2 Å². The summed E-state index contributed by atoms with van der Waals surface area (Å²) in [7, 11) is 1.57. The molecule has 1 amide bonds.